The number of hydrogen-bond acceptors (Lipinski definition) is 1. The first-order valence-corrected chi connectivity index (χ1v) is 9.14. The zero-order valence-corrected chi connectivity index (χ0v) is 14.1. The van der Waals surface area contributed by atoms with E-state index in [1.807, 2.05) is 0 Å². The predicted molar refractivity (Wildman–Crippen MR) is 98.4 cm³/mol. The van der Waals surface area contributed by atoms with Crippen molar-refractivity contribution in [3.8, 4) is 0 Å². The van der Waals surface area contributed by atoms with E-state index in [4.69, 9.17) is 0 Å². The minimum absolute atomic E-state index is 0.413. The first kappa shape index (κ1) is 15.2. The highest BCUT2D eigenvalue weighted by Crippen LogP contribution is 2.47. The Bertz CT molecular complexity index is 621. The molecule has 1 unspecified atom stereocenters. The zero-order valence-electron chi connectivity index (χ0n) is 13.2. The van der Waals surface area contributed by atoms with Crippen molar-refractivity contribution in [3.05, 3.63) is 84.2 Å². The van der Waals surface area contributed by atoms with Crippen molar-refractivity contribution in [2.75, 3.05) is 13.6 Å². The van der Waals surface area contributed by atoms with Crippen LogP contribution in [-0.2, 0) is 0 Å². The van der Waals surface area contributed by atoms with Crippen molar-refractivity contribution in [3.63, 3.8) is 0 Å². The van der Waals surface area contributed by atoms with Crippen molar-refractivity contribution in [2.24, 2.45) is 0 Å². The SMILES string of the molecule is CCN(C)C1C=CC=C1P(c1ccccc1)c1ccccc1. The van der Waals surface area contributed by atoms with Crippen LogP contribution >= 0.6 is 7.92 Å². The molecular formula is C20H22NP. The standard InChI is InChI=1S/C20H22NP/c1-3-21(2)19-15-10-16-20(19)22(17-11-6-4-7-12-17)18-13-8-5-9-14-18/h4-16,19H,3H2,1-2H3. The largest absolute Gasteiger partial charge is 0.296 e. The fraction of sp³-hybridized carbons (Fsp3) is 0.200. The second-order valence-corrected chi connectivity index (χ2v) is 7.72. The molecule has 1 nitrogen and oxygen atoms in total. The van der Waals surface area contributed by atoms with Gasteiger partial charge in [0, 0.05) is 0 Å². The Labute approximate surface area is 134 Å². The minimum atomic E-state index is -0.473. The topological polar surface area (TPSA) is 3.24 Å². The molecule has 0 saturated carbocycles. The summed E-state index contributed by atoms with van der Waals surface area (Å²) in [7, 11) is 1.73. The third-order valence-electron chi connectivity index (χ3n) is 4.12. The third kappa shape index (κ3) is 3.06. The van der Waals surface area contributed by atoms with Crippen molar-refractivity contribution in [1.29, 1.82) is 0 Å². The van der Waals surface area contributed by atoms with E-state index in [2.05, 4.69) is 97.8 Å². The summed E-state index contributed by atoms with van der Waals surface area (Å²) in [4.78, 5) is 2.41. The van der Waals surface area contributed by atoms with Gasteiger partial charge in [0.1, 0.15) is 0 Å². The van der Waals surface area contributed by atoms with E-state index in [-0.39, 0.29) is 0 Å². The molecule has 112 valence electrons. The quantitative estimate of drug-likeness (QED) is 0.757. The summed E-state index contributed by atoms with van der Waals surface area (Å²) in [5, 5.41) is 4.37. The van der Waals surface area contributed by atoms with Crippen LogP contribution in [0.15, 0.2) is 84.2 Å². The van der Waals surface area contributed by atoms with E-state index in [0.717, 1.165) is 6.54 Å². The summed E-state index contributed by atoms with van der Waals surface area (Å²) in [5.74, 6) is 0. The van der Waals surface area contributed by atoms with Crippen LogP contribution < -0.4 is 10.6 Å². The van der Waals surface area contributed by atoms with Gasteiger partial charge < -0.3 is 0 Å². The number of benzene rings is 2. The van der Waals surface area contributed by atoms with E-state index >= 15 is 0 Å². The van der Waals surface area contributed by atoms with Crippen LogP contribution in [0, 0.1) is 0 Å². The number of likely N-dealkylation sites (N-methyl/N-ethyl adjacent to an activating group) is 1. The van der Waals surface area contributed by atoms with Gasteiger partial charge in [0.2, 0.25) is 0 Å². The van der Waals surface area contributed by atoms with E-state index in [1.165, 1.54) is 15.9 Å². The maximum atomic E-state index is 2.41. The second-order valence-electron chi connectivity index (χ2n) is 5.50. The summed E-state index contributed by atoms with van der Waals surface area (Å²) in [6.45, 7) is 3.27. The van der Waals surface area contributed by atoms with Crippen LogP contribution in [0.5, 0.6) is 0 Å². The molecule has 3 rings (SSSR count). The van der Waals surface area contributed by atoms with Crippen molar-refractivity contribution >= 4 is 18.5 Å². The van der Waals surface area contributed by atoms with Gasteiger partial charge in [0.05, 0.1) is 6.04 Å². The molecule has 0 fully saturated rings. The molecule has 0 N–H and O–H groups in total. The van der Waals surface area contributed by atoms with Gasteiger partial charge in [0.15, 0.2) is 0 Å². The lowest BCUT2D eigenvalue weighted by Gasteiger charge is -2.30. The highest BCUT2D eigenvalue weighted by Gasteiger charge is 2.27. The number of nitrogens with zero attached hydrogens (tertiary/aromatic N) is 1. The van der Waals surface area contributed by atoms with Crippen molar-refractivity contribution in [1.82, 2.24) is 4.90 Å². The molecule has 0 aromatic heterocycles. The minimum Gasteiger partial charge on any atom is -0.296 e. The average Bonchev–Trinajstić information content (AvgIpc) is 3.06. The molecule has 0 aliphatic heterocycles. The maximum Gasteiger partial charge on any atom is 0.0542 e. The van der Waals surface area contributed by atoms with Gasteiger partial charge in [-0.1, -0.05) is 85.8 Å². The first-order chi connectivity index (χ1) is 10.8. The highest BCUT2D eigenvalue weighted by atomic mass is 31.1. The Morgan fingerprint density at radius 3 is 1.95 bits per heavy atom. The first-order valence-electron chi connectivity index (χ1n) is 7.80. The highest BCUT2D eigenvalue weighted by molar-refractivity contribution is 7.76. The molecule has 0 spiro atoms. The lowest BCUT2D eigenvalue weighted by Crippen LogP contribution is -2.32. The van der Waals surface area contributed by atoms with Crippen LogP contribution in [-0.4, -0.2) is 24.5 Å². The molecule has 0 radical (unpaired) electrons. The van der Waals surface area contributed by atoms with Gasteiger partial charge in [-0.3, -0.25) is 4.90 Å². The van der Waals surface area contributed by atoms with Gasteiger partial charge in [-0.2, -0.15) is 0 Å². The molecule has 1 aliphatic rings. The van der Waals surface area contributed by atoms with Gasteiger partial charge in [-0.25, -0.2) is 0 Å². The fourth-order valence-corrected chi connectivity index (χ4v) is 5.45. The Morgan fingerprint density at radius 1 is 0.909 bits per heavy atom. The lowest BCUT2D eigenvalue weighted by molar-refractivity contribution is 0.335. The van der Waals surface area contributed by atoms with Crippen LogP contribution in [0.2, 0.25) is 0 Å². The fourth-order valence-electron chi connectivity index (χ4n) is 2.83. The number of allylic oxidation sites excluding steroid dienone is 2. The third-order valence-corrected chi connectivity index (χ3v) is 6.68. The second kappa shape index (κ2) is 7.05. The molecule has 2 aromatic carbocycles. The summed E-state index contributed by atoms with van der Waals surface area (Å²) < 4.78 is 0. The Hall–Kier alpha value is -1.69. The molecule has 0 heterocycles. The smallest absolute Gasteiger partial charge is 0.0542 e. The molecule has 0 bridgehead atoms. The van der Waals surface area contributed by atoms with Crippen LogP contribution in [0.1, 0.15) is 6.92 Å². The molecule has 1 atom stereocenters. The molecular weight excluding hydrogens is 285 g/mol. The zero-order chi connectivity index (χ0) is 15.4. The van der Waals surface area contributed by atoms with Crippen LogP contribution in [0.4, 0.5) is 0 Å². The van der Waals surface area contributed by atoms with Gasteiger partial charge >= 0.3 is 0 Å². The number of hydrogen-bond donors (Lipinski definition) is 0. The molecule has 2 heteroatoms. The summed E-state index contributed by atoms with van der Waals surface area (Å²) in [6, 6.07) is 22.3. The van der Waals surface area contributed by atoms with E-state index in [1.54, 1.807) is 0 Å². The molecule has 0 amide bonds. The summed E-state index contributed by atoms with van der Waals surface area (Å²) in [6.07, 6.45) is 6.86. The Kier molecular flexibility index (Phi) is 4.87. The van der Waals surface area contributed by atoms with E-state index in [0.29, 0.717) is 6.04 Å². The molecule has 22 heavy (non-hydrogen) atoms. The van der Waals surface area contributed by atoms with Gasteiger partial charge in [-0.15, -0.1) is 0 Å². The van der Waals surface area contributed by atoms with Crippen LogP contribution in [0.3, 0.4) is 0 Å². The van der Waals surface area contributed by atoms with E-state index in [9.17, 15) is 0 Å². The Morgan fingerprint density at radius 2 is 1.45 bits per heavy atom. The van der Waals surface area contributed by atoms with Gasteiger partial charge in [0.25, 0.3) is 0 Å². The maximum absolute atomic E-state index is 2.41. The lowest BCUT2D eigenvalue weighted by atomic mass is 10.3. The predicted octanol–water partition coefficient (Wildman–Crippen LogP) is 3.89. The van der Waals surface area contributed by atoms with Crippen molar-refractivity contribution in [2.45, 2.75) is 13.0 Å². The van der Waals surface area contributed by atoms with Crippen LogP contribution in [0.25, 0.3) is 0 Å². The molecule has 0 saturated heterocycles. The number of rotatable bonds is 5. The van der Waals surface area contributed by atoms with Gasteiger partial charge in [-0.05, 0) is 37.4 Å². The van der Waals surface area contributed by atoms with E-state index < -0.39 is 7.92 Å². The Balaban J connectivity index is 2.04. The summed E-state index contributed by atoms with van der Waals surface area (Å²) in [5.41, 5.74) is 0. The average molecular weight is 307 g/mol. The summed E-state index contributed by atoms with van der Waals surface area (Å²) >= 11 is 0. The monoisotopic (exact) mass is 307 g/mol. The molecule has 1 aliphatic carbocycles. The molecule has 2 aromatic rings. The van der Waals surface area contributed by atoms with Crippen molar-refractivity contribution < 1.29 is 0 Å². The normalized spacial score (nSPS) is 17.3.